The maximum atomic E-state index is 8.12. The van der Waals surface area contributed by atoms with Gasteiger partial charge >= 0.3 is 6.15 Å². The molecule has 0 spiro atoms. The van der Waals surface area contributed by atoms with Crippen LogP contribution in [0.25, 0.3) is 0 Å². The molecular formula is CH2BO4PRu. The molecule has 0 aromatic heterocycles. The Kier molecular flexibility index (Phi) is 665. The van der Waals surface area contributed by atoms with Crippen molar-refractivity contribution in [1.29, 1.82) is 0 Å². The number of hydrogen-bond donors (Lipinski definition) is 0. The first-order valence-corrected chi connectivity index (χ1v) is 1.57. The molecule has 0 aromatic carbocycles. The largest absolute Gasteiger partial charge is 0.373 e. The van der Waals surface area contributed by atoms with Crippen LogP contribution in [-0.2, 0) is 29.1 Å². The van der Waals surface area contributed by atoms with Crippen LogP contribution in [0, 0.1) is 9.93 Å². The van der Waals surface area contributed by atoms with E-state index in [2.05, 4.69) is 7.57 Å². The van der Waals surface area contributed by atoms with E-state index >= 15 is 0 Å². The smallest absolute Gasteiger partial charge is 0.187 e. The third-order valence-electron chi connectivity index (χ3n) is 0. The molecule has 0 saturated carbocycles. The van der Waals surface area contributed by atoms with Gasteiger partial charge in [0.2, 0.25) is 0 Å². The van der Waals surface area contributed by atoms with Crippen LogP contribution in [0.4, 0.5) is 0 Å². The Bertz CT molecular complexity index is 45.3. The van der Waals surface area contributed by atoms with E-state index in [4.69, 9.17) is 19.5 Å². The summed E-state index contributed by atoms with van der Waals surface area (Å²) in [7, 11) is 6.33. The number of carbonyl (C=O) groups excluding carboxylic acids is 2. The van der Waals surface area contributed by atoms with E-state index < -0.39 is 0 Å². The summed E-state index contributed by atoms with van der Waals surface area (Å²) in [5.41, 5.74) is 0. The molecule has 0 heterocycles. The quantitative estimate of drug-likeness (QED) is 0.312. The molecule has 0 aliphatic rings. The molecular weight excluding hydrogens is 220 g/mol. The van der Waals surface area contributed by atoms with Gasteiger partial charge in [0.25, 0.3) is 0 Å². The third-order valence-corrected chi connectivity index (χ3v) is 0. The molecule has 1 atom stereocenters. The molecule has 0 saturated heterocycles. The molecule has 1 unspecified atom stereocenters. The van der Waals surface area contributed by atoms with Crippen molar-refractivity contribution in [3.63, 3.8) is 0 Å². The van der Waals surface area contributed by atoms with Gasteiger partial charge < -0.3 is 0 Å². The van der Waals surface area contributed by atoms with E-state index in [-0.39, 0.29) is 25.6 Å². The first-order chi connectivity index (χ1) is 3.41. The molecule has 7 heteroatoms. The fraction of sp³-hybridized carbons (Fsp3) is 0. The summed E-state index contributed by atoms with van der Waals surface area (Å²) in [6.07, 6.45) is 0.250. The van der Waals surface area contributed by atoms with E-state index in [1.54, 1.807) is 0 Å². The molecule has 0 fully saturated rings. The minimum Gasteiger partial charge on any atom is -0.187 e. The standard InChI is InChI=1S/CO2.BH2P.O2.Ru/c2-1-3;2*1-2;/h;2H2;;/i1+1;;;. The van der Waals surface area contributed by atoms with Gasteiger partial charge in [-0.05, 0) is 0 Å². The van der Waals surface area contributed by atoms with E-state index in [1.165, 1.54) is 0 Å². The molecule has 4 nitrogen and oxygen atoms in total. The van der Waals surface area contributed by atoms with E-state index in [9.17, 15) is 0 Å². The molecule has 0 amide bonds. The molecule has 0 aromatic rings. The van der Waals surface area contributed by atoms with Crippen molar-refractivity contribution in [3.05, 3.63) is 9.93 Å². The van der Waals surface area contributed by atoms with Crippen LogP contribution >= 0.6 is 9.12 Å². The summed E-state index contributed by atoms with van der Waals surface area (Å²) in [5, 5.41) is 0. The molecule has 0 aliphatic heterocycles. The van der Waals surface area contributed by atoms with Crippen LogP contribution < -0.4 is 0 Å². The maximum Gasteiger partial charge on any atom is 0.373 e. The second-order valence-corrected chi connectivity index (χ2v) is 0.0833. The van der Waals surface area contributed by atoms with Crippen LogP contribution in [0.1, 0.15) is 0 Å². The summed E-state index contributed by atoms with van der Waals surface area (Å²) < 4.78 is 0. The van der Waals surface area contributed by atoms with Gasteiger partial charge in [-0.25, -0.2) is 0 Å². The van der Waals surface area contributed by atoms with Crippen molar-refractivity contribution >= 4 is 22.8 Å². The van der Waals surface area contributed by atoms with E-state index in [0.717, 1.165) is 0 Å². The van der Waals surface area contributed by atoms with Gasteiger partial charge in [-0.3, -0.25) is 0 Å². The van der Waals surface area contributed by atoms with Crippen molar-refractivity contribution in [2.45, 2.75) is 0 Å². The minimum atomic E-state index is 0. The average molecular weight is 222 g/mol. The number of hydrogen-bond acceptors (Lipinski definition) is 4. The van der Waals surface area contributed by atoms with Gasteiger partial charge in [0.1, 0.15) is 0 Å². The summed E-state index contributed by atoms with van der Waals surface area (Å²) in [6, 6.07) is 0. The van der Waals surface area contributed by atoms with Crippen molar-refractivity contribution < 1.29 is 29.1 Å². The van der Waals surface area contributed by atoms with Crippen LogP contribution in [0.3, 0.4) is 0 Å². The topological polar surface area (TPSA) is 68.3 Å². The monoisotopic (exact) mass is 223 g/mol. The second-order valence-electron chi connectivity index (χ2n) is 0.0833. The Labute approximate surface area is 62.3 Å². The molecule has 8 heavy (non-hydrogen) atoms. The van der Waals surface area contributed by atoms with Gasteiger partial charge in [-0.15, -0.1) is 0 Å². The van der Waals surface area contributed by atoms with Crippen molar-refractivity contribution in [3.8, 4) is 0 Å². The van der Waals surface area contributed by atoms with Crippen LogP contribution in [0.5, 0.6) is 0 Å². The van der Waals surface area contributed by atoms with Crippen LogP contribution in [0.15, 0.2) is 0 Å². The Morgan fingerprint density at radius 1 is 1.12 bits per heavy atom. The first kappa shape index (κ1) is 24.3. The van der Waals surface area contributed by atoms with Crippen molar-refractivity contribution in [2.24, 2.45) is 0 Å². The predicted molar refractivity (Wildman–Crippen MR) is 27.2 cm³/mol. The third kappa shape index (κ3) is 16400. The predicted octanol–water partition coefficient (Wildman–Crippen LogP) is -0.574. The van der Waals surface area contributed by atoms with Crippen LogP contribution in [0.2, 0.25) is 0 Å². The van der Waals surface area contributed by atoms with Gasteiger partial charge in [0.05, 0.1) is 7.57 Å². The molecule has 2 radical (unpaired) electrons. The van der Waals surface area contributed by atoms with Gasteiger partial charge in [0, 0.05) is 29.4 Å². The number of rotatable bonds is 0. The summed E-state index contributed by atoms with van der Waals surface area (Å²) in [6.45, 7) is 0. The maximum absolute atomic E-state index is 8.12. The summed E-state index contributed by atoms with van der Waals surface area (Å²) >= 11 is 0. The fourth-order valence-corrected chi connectivity index (χ4v) is 0. The zero-order valence-electron chi connectivity index (χ0n) is 3.64. The summed E-state index contributed by atoms with van der Waals surface area (Å²) in [5.74, 6) is 0. The normalized spacial score (nSPS) is 2.12. The van der Waals surface area contributed by atoms with Gasteiger partial charge in [0.15, 0.2) is 0 Å². The Morgan fingerprint density at radius 2 is 1.12 bits per heavy atom. The Morgan fingerprint density at radius 3 is 1.12 bits per heavy atom. The zero-order chi connectivity index (χ0) is 6.71. The second kappa shape index (κ2) is 219. The molecule has 0 aliphatic carbocycles. The summed E-state index contributed by atoms with van der Waals surface area (Å²) in [4.78, 5) is 30.2. The van der Waals surface area contributed by atoms with Gasteiger partial charge in [-0.1, -0.05) is 0 Å². The van der Waals surface area contributed by atoms with Crippen molar-refractivity contribution in [1.82, 2.24) is 0 Å². The van der Waals surface area contributed by atoms with Crippen LogP contribution in [-0.4, -0.2) is 13.7 Å². The van der Waals surface area contributed by atoms with Crippen molar-refractivity contribution in [2.75, 3.05) is 0 Å². The van der Waals surface area contributed by atoms with E-state index in [0.29, 0.717) is 0 Å². The average Bonchev–Trinajstić information content (AvgIpc) is 1.78. The SMILES string of the molecule is O=O.O=[13C]=O.[B]P.[Ru]. The molecule has 0 bridgehead atoms. The first-order valence-electron chi connectivity index (χ1n) is 0.908. The Balaban J connectivity index is -0.0000000147. The molecule has 0 N–H and O–H groups in total. The molecule has 46 valence electrons. The van der Waals surface area contributed by atoms with E-state index in [1.807, 2.05) is 9.12 Å². The Hall–Kier alpha value is 0.0983. The van der Waals surface area contributed by atoms with Gasteiger partial charge in [-0.2, -0.15) is 18.7 Å². The molecule has 0 rings (SSSR count). The zero-order valence-corrected chi connectivity index (χ0v) is 6.53. The minimum absolute atomic E-state index is 0. The fourth-order valence-electron chi connectivity index (χ4n) is 0.